The topological polar surface area (TPSA) is 123 Å². The van der Waals surface area contributed by atoms with Crippen LogP contribution < -0.4 is 15.8 Å². The van der Waals surface area contributed by atoms with Crippen molar-refractivity contribution in [2.75, 3.05) is 36.5 Å². The summed E-state index contributed by atoms with van der Waals surface area (Å²) in [5.41, 5.74) is 5.14. The zero-order valence-electron chi connectivity index (χ0n) is 27.0. The van der Waals surface area contributed by atoms with Crippen molar-refractivity contribution in [3.63, 3.8) is 0 Å². The number of fused-ring (bicyclic) bond motifs is 2. The van der Waals surface area contributed by atoms with Gasteiger partial charge in [0.25, 0.3) is 11.5 Å². The molecule has 0 spiro atoms. The molecule has 242 valence electrons. The SMILES string of the molecule is CCC(C)(C)Cc1cc2n(c1)CCN(c1nccc(-c3cc(Nc4cc5n(n4)CCN(C4COC4)C5)c(=O)n(C)c3)c1CO)C2=O. The highest BCUT2D eigenvalue weighted by Gasteiger charge is 2.32. The highest BCUT2D eigenvalue weighted by molar-refractivity contribution is 6.06. The number of aliphatic hydroxyl groups excluding tert-OH is 1. The summed E-state index contributed by atoms with van der Waals surface area (Å²) in [7, 11) is 1.70. The number of anilines is 3. The van der Waals surface area contributed by atoms with Gasteiger partial charge in [0.15, 0.2) is 5.82 Å². The predicted octanol–water partition coefficient (Wildman–Crippen LogP) is 3.53. The molecule has 7 heterocycles. The van der Waals surface area contributed by atoms with Crippen LogP contribution in [-0.2, 0) is 44.4 Å². The minimum atomic E-state index is -0.318. The molecule has 1 saturated heterocycles. The van der Waals surface area contributed by atoms with Crippen LogP contribution >= 0.6 is 0 Å². The first-order chi connectivity index (χ1) is 22.1. The van der Waals surface area contributed by atoms with Gasteiger partial charge in [-0.15, -0.1) is 0 Å². The number of aromatic nitrogens is 5. The average Bonchev–Trinajstić information content (AvgIpc) is 3.61. The van der Waals surface area contributed by atoms with Crippen LogP contribution in [0.25, 0.3) is 11.1 Å². The van der Waals surface area contributed by atoms with Crippen LogP contribution in [0.1, 0.15) is 54.5 Å². The molecule has 7 rings (SSSR count). The molecule has 12 nitrogen and oxygen atoms in total. The summed E-state index contributed by atoms with van der Waals surface area (Å²) in [6, 6.07) is 8.04. The zero-order chi connectivity index (χ0) is 32.2. The molecule has 1 amide bonds. The second-order valence-electron chi connectivity index (χ2n) is 13.5. The second kappa shape index (κ2) is 11.8. The first kappa shape index (κ1) is 30.4. The van der Waals surface area contributed by atoms with Crippen molar-refractivity contribution in [1.82, 2.24) is 28.8 Å². The summed E-state index contributed by atoms with van der Waals surface area (Å²) in [6.45, 7) is 11.5. The van der Waals surface area contributed by atoms with Gasteiger partial charge in [0.05, 0.1) is 38.1 Å². The number of rotatable bonds is 9. The quantitative estimate of drug-likeness (QED) is 0.289. The summed E-state index contributed by atoms with van der Waals surface area (Å²) in [5.74, 6) is 0.901. The van der Waals surface area contributed by atoms with Crippen LogP contribution in [0, 0.1) is 5.41 Å². The van der Waals surface area contributed by atoms with Crippen molar-refractivity contribution in [2.24, 2.45) is 12.5 Å². The third-order valence-electron chi connectivity index (χ3n) is 9.79. The number of pyridine rings is 2. The number of aliphatic hydroxyl groups is 1. The summed E-state index contributed by atoms with van der Waals surface area (Å²) < 4.78 is 10.9. The Morgan fingerprint density at radius 3 is 2.65 bits per heavy atom. The van der Waals surface area contributed by atoms with Gasteiger partial charge in [0.1, 0.15) is 17.2 Å². The number of amides is 1. The summed E-state index contributed by atoms with van der Waals surface area (Å²) >= 11 is 0. The van der Waals surface area contributed by atoms with E-state index in [4.69, 9.17) is 9.84 Å². The molecular weight excluding hydrogens is 584 g/mol. The number of hydrogen-bond acceptors (Lipinski definition) is 8. The lowest BCUT2D eigenvalue weighted by molar-refractivity contribution is -0.0735. The van der Waals surface area contributed by atoms with E-state index in [2.05, 4.69) is 42.2 Å². The van der Waals surface area contributed by atoms with Gasteiger partial charge in [0.2, 0.25) is 0 Å². The maximum Gasteiger partial charge on any atom is 0.276 e. The van der Waals surface area contributed by atoms with E-state index in [0.29, 0.717) is 58.8 Å². The van der Waals surface area contributed by atoms with Crippen molar-refractivity contribution in [3.8, 4) is 11.1 Å². The standard InChI is InChI=1S/C34H42N8O4/c1-5-34(2,3)15-22-12-29-33(45)41(10-8-40(29)16-22)31-27(19-43)26(6-7-35-31)23-13-28(32(44)38(4)17-23)36-30-14-24-18-39(25-20-46-21-25)9-11-42(24)37-30/h6-7,12-14,16-17,25,43H,5,8-11,15,18-21H2,1-4H3,(H,36,37). The molecular formula is C34H42N8O4. The Kier molecular flexibility index (Phi) is 7.82. The van der Waals surface area contributed by atoms with Crippen LogP contribution in [0.2, 0.25) is 0 Å². The lowest BCUT2D eigenvalue weighted by Gasteiger charge is -2.39. The highest BCUT2D eigenvalue weighted by atomic mass is 16.5. The minimum absolute atomic E-state index is 0.138. The second-order valence-corrected chi connectivity index (χ2v) is 13.5. The van der Waals surface area contributed by atoms with Gasteiger partial charge in [-0.3, -0.25) is 24.1 Å². The Labute approximate surface area is 268 Å². The maximum atomic E-state index is 13.8. The molecule has 0 atom stereocenters. The van der Waals surface area contributed by atoms with Crippen molar-refractivity contribution in [1.29, 1.82) is 0 Å². The van der Waals surface area contributed by atoms with Gasteiger partial charge >= 0.3 is 0 Å². The van der Waals surface area contributed by atoms with E-state index >= 15 is 0 Å². The number of hydrogen-bond donors (Lipinski definition) is 2. The molecule has 46 heavy (non-hydrogen) atoms. The summed E-state index contributed by atoms with van der Waals surface area (Å²) in [5, 5.41) is 18.6. The number of nitrogens with zero attached hydrogens (tertiary/aromatic N) is 7. The van der Waals surface area contributed by atoms with E-state index in [0.717, 1.165) is 56.9 Å². The van der Waals surface area contributed by atoms with Gasteiger partial charge in [-0.25, -0.2) is 4.98 Å². The predicted molar refractivity (Wildman–Crippen MR) is 175 cm³/mol. The molecule has 2 N–H and O–H groups in total. The molecule has 0 unspecified atom stereocenters. The first-order valence-electron chi connectivity index (χ1n) is 16.1. The number of carbonyl (C=O) groups is 1. The van der Waals surface area contributed by atoms with Crippen molar-refractivity contribution < 1.29 is 14.6 Å². The lowest BCUT2D eigenvalue weighted by Crippen LogP contribution is -2.51. The minimum Gasteiger partial charge on any atom is -0.392 e. The van der Waals surface area contributed by atoms with Crippen molar-refractivity contribution in [3.05, 3.63) is 75.7 Å². The zero-order valence-corrected chi connectivity index (χ0v) is 27.0. The number of ether oxygens (including phenoxy) is 1. The molecule has 0 radical (unpaired) electrons. The van der Waals surface area contributed by atoms with Crippen LogP contribution in [0.5, 0.6) is 0 Å². The molecule has 0 saturated carbocycles. The van der Waals surface area contributed by atoms with Crippen LogP contribution in [0.3, 0.4) is 0 Å². The fraction of sp³-hybridized carbons (Fsp3) is 0.471. The molecule has 0 bridgehead atoms. The van der Waals surface area contributed by atoms with Gasteiger partial charge in [-0.2, -0.15) is 5.10 Å². The van der Waals surface area contributed by atoms with Gasteiger partial charge in [-0.05, 0) is 41.2 Å². The number of aryl methyl sites for hydroxylation is 1. The molecule has 12 heteroatoms. The Balaban J connectivity index is 1.17. The van der Waals surface area contributed by atoms with Gasteiger partial charge in [0, 0.05) is 69.0 Å². The summed E-state index contributed by atoms with van der Waals surface area (Å²) in [6.07, 6.45) is 7.43. The third kappa shape index (κ3) is 5.54. The average molecular weight is 627 g/mol. The monoisotopic (exact) mass is 626 g/mol. The van der Waals surface area contributed by atoms with Crippen molar-refractivity contribution >= 4 is 23.2 Å². The van der Waals surface area contributed by atoms with E-state index < -0.39 is 0 Å². The summed E-state index contributed by atoms with van der Waals surface area (Å²) in [4.78, 5) is 35.7. The van der Waals surface area contributed by atoms with E-state index in [-0.39, 0.29) is 23.5 Å². The number of carbonyl (C=O) groups excluding carboxylic acids is 1. The normalized spacial score (nSPS) is 17.2. The third-order valence-corrected chi connectivity index (χ3v) is 9.79. The van der Waals surface area contributed by atoms with Crippen LogP contribution in [0.4, 0.5) is 17.3 Å². The maximum absolute atomic E-state index is 13.8. The van der Waals surface area contributed by atoms with Crippen LogP contribution in [0.15, 0.2) is 47.7 Å². The molecule has 1 fully saturated rings. The molecule has 0 aliphatic carbocycles. The Morgan fingerprint density at radius 1 is 1.09 bits per heavy atom. The van der Waals surface area contributed by atoms with Gasteiger partial charge in [-0.1, -0.05) is 27.2 Å². The fourth-order valence-corrected chi connectivity index (χ4v) is 6.68. The molecule has 3 aliphatic heterocycles. The van der Waals surface area contributed by atoms with Crippen molar-refractivity contribution in [2.45, 2.75) is 65.9 Å². The molecule has 4 aromatic rings. The lowest BCUT2D eigenvalue weighted by atomic mass is 9.84. The molecule has 3 aliphatic rings. The largest absolute Gasteiger partial charge is 0.392 e. The smallest absolute Gasteiger partial charge is 0.276 e. The Bertz CT molecular complexity index is 1850. The van der Waals surface area contributed by atoms with E-state index in [1.807, 2.05) is 27.4 Å². The number of nitrogens with one attached hydrogen (secondary N) is 1. The Morgan fingerprint density at radius 2 is 1.91 bits per heavy atom. The molecule has 0 aromatic carbocycles. The van der Waals surface area contributed by atoms with Gasteiger partial charge < -0.3 is 24.3 Å². The first-order valence-corrected chi connectivity index (χ1v) is 16.1. The van der Waals surface area contributed by atoms with E-state index in [1.165, 1.54) is 4.57 Å². The fourth-order valence-electron chi connectivity index (χ4n) is 6.68. The van der Waals surface area contributed by atoms with E-state index in [1.54, 1.807) is 30.4 Å². The van der Waals surface area contributed by atoms with E-state index in [9.17, 15) is 14.7 Å². The Hall–Kier alpha value is -4.26. The van der Waals surface area contributed by atoms with Crippen LogP contribution in [-0.4, -0.2) is 72.2 Å². The molecule has 4 aromatic heterocycles. The highest BCUT2D eigenvalue weighted by Crippen LogP contribution is 2.34.